The van der Waals surface area contributed by atoms with Crippen molar-refractivity contribution in [3.63, 3.8) is 0 Å². The van der Waals surface area contributed by atoms with E-state index in [-0.39, 0.29) is 24.2 Å². The molecule has 1 amide bonds. The number of hydrogen-bond donors (Lipinski definition) is 1. The SMILES string of the molecule is CC(C)Oc1cccc(CCCNC(=O)Cc2ccccc2F)c1. The maximum absolute atomic E-state index is 13.5. The van der Waals surface area contributed by atoms with E-state index in [0.29, 0.717) is 12.1 Å². The smallest absolute Gasteiger partial charge is 0.224 e. The van der Waals surface area contributed by atoms with Crippen molar-refractivity contribution in [3.05, 3.63) is 65.5 Å². The lowest BCUT2D eigenvalue weighted by Crippen LogP contribution is -2.26. The quantitative estimate of drug-likeness (QED) is 0.746. The summed E-state index contributed by atoms with van der Waals surface area (Å²) in [7, 11) is 0. The number of nitrogens with one attached hydrogen (secondary N) is 1. The highest BCUT2D eigenvalue weighted by molar-refractivity contribution is 5.78. The van der Waals surface area contributed by atoms with Gasteiger partial charge in [-0.3, -0.25) is 4.79 Å². The fourth-order valence-electron chi connectivity index (χ4n) is 2.44. The topological polar surface area (TPSA) is 38.3 Å². The van der Waals surface area contributed by atoms with Crippen LogP contribution in [0.25, 0.3) is 0 Å². The van der Waals surface area contributed by atoms with Crippen LogP contribution in [0.15, 0.2) is 48.5 Å². The average Bonchev–Trinajstić information content (AvgIpc) is 2.53. The lowest BCUT2D eigenvalue weighted by atomic mass is 10.1. The second kappa shape index (κ2) is 9.06. The second-order valence-corrected chi connectivity index (χ2v) is 6.04. The predicted octanol–water partition coefficient (Wildman–Crippen LogP) is 3.90. The number of hydrogen-bond acceptors (Lipinski definition) is 2. The Morgan fingerprint density at radius 3 is 2.71 bits per heavy atom. The van der Waals surface area contributed by atoms with E-state index in [2.05, 4.69) is 5.32 Å². The summed E-state index contributed by atoms with van der Waals surface area (Å²) in [5.41, 5.74) is 1.60. The van der Waals surface area contributed by atoms with Crippen molar-refractivity contribution >= 4 is 5.91 Å². The van der Waals surface area contributed by atoms with Crippen LogP contribution in [0, 0.1) is 5.82 Å². The Hall–Kier alpha value is -2.36. The molecule has 0 spiro atoms. The van der Waals surface area contributed by atoms with Gasteiger partial charge in [0.25, 0.3) is 0 Å². The summed E-state index contributed by atoms with van der Waals surface area (Å²) < 4.78 is 19.2. The first-order valence-electron chi connectivity index (χ1n) is 8.30. The van der Waals surface area contributed by atoms with Crippen LogP contribution in [0.5, 0.6) is 5.75 Å². The van der Waals surface area contributed by atoms with E-state index in [1.165, 1.54) is 11.6 Å². The summed E-state index contributed by atoms with van der Waals surface area (Å²) in [6.45, 7) is 4.57. The van der Waals surface area contributed by atoms with Crippen LogP contribution in [0.1, 0.15) is 31.4 Å². The lowest BCUT2D eigenvalue weighted by molar-refractivity contribution is -0.120. The highest BCUT2D eigenvalue weighted by Gasteiger charge is 2.07. The van der Waals surface area contributed by atoms with Crippen molar-refractivity contribution in [1.29, 1.82) is 0 Å². The van der Waals surface area contributed by atoms with E-state index >= 15 is 0 Å². The van der Waals surface area contributed by atoms with E-state index in [4.69, 9.17) is 4.74 Å². The molecule has 128 valence electrons. The molecule has 24 heavy (non-hydrogen) atoms. The first-order chi connectivity index (χ1) is 11.5. The molecule has 2 aromatic carbocycles. The number of carbonyl (C=O) groups is 1. The highest BCUT2D eigenvalue weighted by atomic mass is 19.1. The first-order valence-corrected chi connectivity index (χ1v) is 8.30. The number of amides is 1. The minimum atomic E-state index is -0.338. The van der Waals surface area contributed by atoms with Gasteiger partial charge in [-0.25, -0.2) is 4.39 Å². The molecule has 0 aromatic heterocycles. The van der Waals surface area contributed by atoms with Crippen molar-refractivity contribution in [2.45, 2.75) is 39.2 Å². The van der Waals surface area contributed by atoms with Gasteiger partial charge in [0, 0.05) is 6.54 Å². The molecule has 2 rings (SSSR count). The summed E-state index contributed by atoms with van der Waals surface area (Å²) in [6, 6.07) is 14.4. The maximum Gasteiger partial charge on any atom is 0.224 e. The standard InChI is InChI=1S/C20H24FNO2/c1-15(2)24-18-10-5-7-16(13-18)8-6-12-22-20(23)14-17-9-3-4-11-19(17)21/h3-5,7,9-11,13,15H,6,8,12,14H2,1-2H3,(H,22,23). The van der Waals surface area contributed by atoms with Gasteiger partial charge < -0.3 is 10.1 Å². The van der Waals surface area contributed by atoms with Crippen LogP contribution < -0.4 is 10.1 Å². The largest absolute Gasteiger partial charge is 0.491 e. The second-order valence-electron chi connectivity index (χ2n) is 6.04. The van der Waals surface area contributed by atoms with Crippen molar-refractivity contribution in [3.8, 4) is 5.75 Å². The molecule has 0 aliphatic carbocycles. The Labute approximate surface area is 142 Å². The molecule has 0 heterocycles. The van der Waals surface area contributed by atoms with E-state index in [1.54, 1.807) is 18.2 Å². The minimum absolute atomic E-state index is 0.0738. The van der Waals surface area contributed by atoms with Gasteiger partial charge in [0.2, 0.25) is 5.91 Å². The molecule has 0 bridgehead atoms. The first kappa shape index (κ1) is 18.0. The van der Waals surface area contributed by atoms with Gasteiger partial charge >= 0.3 is 0 Å². The fourth-order valence-corrected chi connectivity index (χ4v) is 2.44. The minimum Gasteiger partial charge on any atom is -0.491 e. The Morgan fingerprint density at radius 2 is 1.96 bits per heavy atom. The summed E-state index contributed by atoms with van der Waals surface area (Å²) >= 11 is 0. The van der Waals surface area contributed by atoms with Crippen LogP contribution in [0.2, 0.25) is 0 Å². The zero-order valence-corrected chi connectivity index (χ0v) is 14.2. The van der Waals surface area contributed by atoms with Gasteiger partial charge in [-0.15, -0.1) is 0 Å². The summed E-state index contributed by atoms with van der Waals surface area (Å²) in [5, 5.41) is 2.84. The summed E-state index contributed by atoms with van der Waals surface area (Å²) in [4.78, 5) is 11.9. The van der Waals surface area contributed by atoms with E-state index < -0.39 is 0 Å². The van der Waals surface area contributed by atoms with Crippen molar-refractivity contribution in [1.82, 2.24) is 5.32 Å². The Kier molecular flexibility index (Phi) is 6.79. The average molecular weight is 329 g/mol. The van der Waals surface area contributed by atoms with Gasteiger partial charge in [0.1, 0.15) is 11.6 Å². The maximum atomic E-state index is 13.5. The third-order valence-electron chi connectivity index (χ3n) is 3.54. The zero-order valence-electron chi connectivity index (χ0n) is 14.2. The zero-order chi connectivity index (χ0) is 17.4. The molecule has 0 fully saturated rings. The van der Waals surface area contributed by atoms with Crippen molar-refractivity contribution < 1.29 is 13.9 Å². The third-order valence-corrected chi connectivity index (χ3v) is 3.54. The van der Waals surface area contributed by atoms with E-state index in [0.717, 1.165) is 18.6 Å². The molecular weight excluding hydrogens is 305 g/mol. The number of benzene rings is 2. The number of halogens is 1. The number of carbonyl (C=O) groups excluding carboxylic acids is 1. The van der Waals surface area contributed by atoms with Crippen molar-refractivity contribution in [2.24, 2.45) is 0 Å². The van der Waals surface area contributed by atoms with Crippen LogP contribution in [-0.2, 0) is 17.6 Å². The summed E-state index contributed by atoms with van der Waals surface area (Å²) in [5.74, 6) is 0.373. The Bertz CT molecular complexity index is 670. The molecule has 3 nitrogen and oxygen atoms in total. The monoisotopic (exact) mass is 329 g/mol. The van der Waals surface area contributed by atoms with E-state index in [9.17, 15) is 9.18 Å². The van der Waals surface area contributed by atoms with Gasteiger partial charge in [-0.05, 0) is 56.0 Å². The molecule has 0 saturated heterocycles. The molecule has 1 N–H and O–H groups in total. The number of ether oxygens (including phenoxy) is 1. The summed E-state index contributed by atoms with van der Waals surface area (Å²) in [6.07, 6.45) is 1.91. The molecule has 0 atom stereocenters. The fraction of sp³-hybridized carbons (Fsp3) is 0.350. The van der Waals surface area contributed by atoms with Gasteiger partial charge in [-0.2, -0.15) is 0 Å². The van der Waals surface area contributed by atoms with Crippen molar-refractivity contribution in [2.75, 3.05) is 6.54 Å². The molecular formula is C20H24FNO2. The predicted molar refractivity (Wildman–Crippen MR) is 93.6 cm³/mol. The molecule has 0 aliphatic rings. The lowest BCUT2D eigenvalue weighted by Gasteiger charge is -2.11. The third kappa shape index (κ3) is 6.03. The van der Waals surface area contributed by atoms with Gasteiger partial charge in [-0.1, -0.05) is 30.3 Å². The van der Waals surface area contributed by atoms with Gasteiger partial charge in [0.05, 0.1) is 12.5 Å². The molecule has 4 heteroatoms. The molecule has 0 radical (unpaired) electrons. The van der Waals surface area contributed by atoms with Crippen LogP contribution >= 0.6 is 0 Å². The van der Waals surface area contributed by atoms with Crippen LogP contribution in [-0.4, -0.2) is 18.6 Å². The van der Waals surface area contributed by atoms with E-state index in [1.807, 2.05) is 38.1 Å². The Morgan fingerprint density at radius 1 is 1.17 bits per heavy atom. The van der Waals surface area contributed by atoms with Crippen LogP contribution in [0.3, 0.4) is 0 Å². The normalized spacial score (nSPS) is 10.7. The molecule has 0 unspecified atom stereocenters. The van der Waals surface area contributed by atoms with Gasteiger partial charge in [0.15, 0.2) is 0 Å². The van der Waals surface area contributed by atoms with Crippen LogP contribution in [0.4, 0.5) is 4.39 Å². The highest BCUT2D eigenvalue weighted by Crippen LogP contribution is 2.16. The number of aryl methyl sites for hydroxylation is 1. The Balaban J connectivity index is 1.73. The molecule has 2 aromatic rings. The molecule has 0 aliphatic heterocycles. The number of rotatable bonds is 8. The molecule has 0 saturated carbocycles.